The van der Waals surface area contributed by atoms with Crippen LogP contribution in [0.25, 0.3) is 11.0 Å². The standard InChI is InChI=1S/C13H13ClF4N2O/c14-5-4-11-19-12-9(15)2-1-3-10(12)20(11)6-7-21-8-13(16,17)18/h1-3H,4-8H2. The number of fused-ring (bicyclic) bond motifs is 1. The fraction of sp³-hybridized carbons (Fsp3) is 0.462. The Bertz CT molecular complexity index is 612. The second-order valence-corrected chi connectivity index (χ2v) is 4.77. The van der Waals surface area contributed by atoms with E-state index in [1.54, 1.807) is 10.6 Å². The Balaban J connectivity index is 2.17. The highest BCUT2D eigenvalue weighted by atomic mass is 35.5. The summed E-state index contributed by atoms with van der Waals surface area (Å²) in [4.78, 5) is 4.16. The summed E-state index contributed by atoms with van der Waals surface area (Å²) in [5, 5.41) is 0. The lowest BCUT2D eigenvalue weighted by Crippen LogP contribution is -2.19. The van der Waals surface area contributed by atoms with Crippen LogP contribution in [-0.4, -0.2) is 34.8 Å². The van der Waals surface area contributed by atoms with Gasteiger partial charge in [0.1, 0.15) is 17.9 Å². The van der Waals surface area contributed by atoms with E-state index in [1.165, 1.54) is 12.1 Å². The molecule has 2 rings (SSSR count). The number of imidazole rings is 1. The van der Waals surface area contributed by atoms with Crippen molar-refractivity contribution in [2.24, 2.45) is 0 Å². The molecule has 8 heteroatoms. The van der Waals surface area contributed by atoms with Gasteiger partial charge in [-0.1, -0.05) is 6.07 Å². The van der Waals surface area contributed by atoms with Gasteiger partial charge >= 0.3 is 6.18 Å². The maximum atomic E-state index is 13.7. The molecule has 0 atom stereocenters. The van der Waals surface area contributed by atoms with Gasteiger partial charge < -0.3 is 9.30 Å². The van der Waals surface area contributed by atoms with Gasteiger partial charge in [-0.3, -0.25) is 0 Å². The number of ether oxygens (including phenoxy) is 1. The summed E-state index contributed by atoms with van der Waals surface area (Å²) in [5.41, 5.74) is 0.708. The van der Waals surface area contributed by atoms with Crippen LogP contribution in [0, 0.1) is 5.82 Å². The van der Waals surface area contributed by atoms with Gasteiger partial charge in [0.05, 0.1) is 12.1 Å². The van der Waals surface area contributed by atoms with Gasteiger partial charge in [0.15, 0.2) is 5.82 Å². The van der Waals surface area contributed by atoms with E-state index in [0.29, 0.717) is 17.8 Å². The molecule has 0 aliphatic heterocycles. The largest absolute Gasteiger partial charge is 0.411 e. The maximum Gasteiger partial charge on any atom is 0.411 e. The first kappa shape index (κ1) is 16.0. The Hall–Kier alpha value is -1.34. The third-order valence-electron chi connectivity index (χ3n) is 2.85. The highest BCUT2D eigenvalue weighted by molar-refractivity contribution is 6.17. The van der Waals surface area contributed by atoms with Gasteiger partial charge in [-0.05, 0) is 12.1 Å². The van der Waals surface area contributed by atoms with Crippen LogP contribution in [0.5, 0.6) is 0 Å². The van der Waals surface area contributed by atoms with Crippen molar-refractivity contribution >= 4 is 22.6 Å². The number of rotatable bonds is 6. The summed E-state index contributed by atoms with van der Waals surface area (Å²) in [7, 11) is 0. The number of aryl methyl sites for hydroxylation is 1. The molecule has 1 aromatic heterocycles. The van der Waals surface area contributed by atoms with Gasteiger partial charge in [-0.15, -0.1) is 11.6 Å². The minimum Gasteiger partial charge on any atom is -0.370 e. The van der Waals surface area contributed by atoms with Crippen molar-refractivity contribution in [3.63, 3.8) is 0 Å². The van der Waals surface area contributed by atoms with E-state index in [4.69, 9.17) is 11.6 Å². The quantitative estimate of drug-likeness (QED) is 0.462. The number of para-hydroxylation sites is 1. The molecule has 0 aliphatic carbocycles. The summed E-state index contributed by atoms with van der Waals surface area (Å²) < 4.78 is 55.9. The number of hydrogen-bond acceptors (Lipinski definition) is 2. The van der Waals surface area contributed by atoms with Crippen LogP contribution in [-0.2, 0) is 17.7 Å². The molecule has 0 amide bonds. The first-order valence-electron chi connectivity index (χ1n) is 6.26. The van der Waals surface area contributed by atoms with E-state index in [-0.39, 0.29) is 24.5 Å². The minimum absolute atomic E-state index is 0.142. The van der Waals surface area contributed by atoms with Crippen molar-refractivity contribution in [1.29, 1.82) is 0 Å². The number of alkyl halides is 4. The fourth-order valence-corrected chi connectivity index (χ4v) is 2.20. The SMILES string of the molecule is Fc1cccc2c1nc(CCCl)n2CCOCC(F)(F)F. The average Bonchev–Trinajstić information content (AvgIpc) is 2.74. The summed E-state index contributed by atoms with van der Waals surface area (Å²) in [6, 6.07) is 4.47. The summed E-state index contributed by atoms with van der Waals surface area (Å²) in [6.07, 6.45) is -3.96. The van der Waals surface area contributed by atoms with Gasteiger partial charge in [0, 0.05) is 18.8 Å². The molecular weight excluding hydrogens is 312 g/mol. The van der Waals surface area contributed by atoms with Crippen molar-refractivity contribution in [2.45, 2.75) is 19.1 Å². The first-order valence-corrected chi connectivity index (χ1v) is 6.80. The topological polar surface area (TPSA) is 27.1 Å². The van der Waals surface area contributed by atoms with Crippen molar-refractivity contribution < 1.29 is 22.3 Å². The molecule has 116 valence electrons. The van der Waals surface area contributed by atoms with Gasteiger partial charge in [-0.2, -0.15) is 13.2 Å². The van der Waals surface area contributed by atoms with Gasteiger partial charge in [0.2, 0.25) is 0 Å². The van der Waals surface area contributed by atoms with Crippen LogP contribution in [0.3, 0.4) is 0 Å². The molecule has 0 radical (unpaired) electrons. The number of benzene rings is 1. The molecular formula is C13H13ClF4N2O. The first-order chi connectivity index (χ1) is 9.92. The average molecular weight is 325 g/mol. The number of aromatic nitrogens is 2. The molecule has 2 aromatic rings. The summed E-state index contributed by atoms with van der Waals surface area (Å²) >= 11 is 5.67. The number of nitrogens with zero attached hydrogens (tertiary/aromatic N) is 2. The lowest BCUT2D eigenvalue weighted by molar-refractivity contribution is -0.174. The van der Waals surface area contributed by atoms with Crippen LogP contribution in [0.4, 0.5) is 17.6 Å². The van der Waals surface area contributed by atoms with E-state index in [0.717, 1.165) is 0 Å². The van der Waals surface area contributed by atoms with Gasteiger partial charge in [0.25, 0.3) is 0 Å². The van der Waals surface area contributed by atoms with Crippen LogP contribution in [0.2, 0.25) is 0 Å². The predicted molar refractivity (Wildman–Crippen MR) is 71.0 cm³/mol. The Kier molecular flexibility index (Phi) is 5.05. The van der Waals surface area contributed by atoms with E-state index in [9.17, 15) is 17.6 Å². The van der Waals surface area contributed by atoms with Crippen molar-refractivity contribution in [3.05, 3.63) is 29.8 Å². The van der Waals surface area contributed by atoms with Crippen molar-refractivity contribution in [1.82, 2.24) is 9.55 Å². The molecule has 0 N–H and O–H groups in total. The van der Waals surface area contributed by atoms with Gasteiger partial charge in [-0.25, -0.2) is 9.37 Å². The van der Waals surface area contributed by atoms with E-state index < -0.39 is 18.6 Å². The highest BCUT2D eigenvalue weighted by Gasteiger charge is 2.27. The van der Waals surface area contributed by atoms with E-state index in [2.05, 4.69) is 9.72 Å². The van der Waals surface area contributed by atoms with E-state index >= 15 is 0 Å². The monoisotopic (exact) mass is 324 g/mol. The van der Waals surface area contributed by atoms with E-state index in [1.807, 2.05) is 0 Å². The minimum atomic E-state index is -4.36. The Morgan fingerprint density at radius 1 is 1.29 bits per heavy atom. The molecule has 0 saturated heterocycles. The van der Waals surface area contributed by atoms with Crippen molar-refractivity contribution in [2.75, 3.05) is 19.1 Å². The highest BCUT2D eigenvalue weighted by Crippen LogP contribution is 2.20. The second-order valence-electron chi connectivity index (χ2n) is 4.39. The third-order valence-corrected chi connectivity index (χ3v) is 3.04. The third kappa shape index (κ3) is 4.07. The van der Waals surface area contributed by atoms with Crippen LogP contribution in [0.1, 0.15) is 5.82 Å². The van der Waals surface area contributed by atoms with Crippen LogP contribution >= 0.6 is 11.6 Å². The zero-order valence-corrected chi connectivity index (χ0v) is 11.7. The molecule has 3 nitrogen and oxygen atoms in total. The lowest BCUT2D eigenvalue weighted by atomic mass is 10.3. The Labute approximate surface area is 123 Å². The van der Waals surface area contributed by atoms with Crippen molar-refractivity contribution in [3.8, 4) is 0 Å². The molecule has 1 aromatic carbocycles. The second kappa shape index (κ2) is 6.62. The Morgan fingerprint density at radius 3 is 2.71 bits per heavy atom. The summed E-state index contributed by atoms with van der Waals surface area (Å²) in [5.74, 6) is 0.341. The molecule has 0 aliphatic rings. The lowest BCUT2D eigenvalue weighted by Gasteiger charge is -2.10. The maximum absolute atomic E-state index is 13.7. The normalized spacial score (nSPS) is 12.2. The molecule has 0 saturated carbocycles. The molecule has 0 fully saturated rings. The summed E-state index contributed by atoms with van der Waals surface area (Å²) in [6.45, 7) is -1.29. The van der Waals surface area contributed by atoms with Crippen LogP contribution < -0.4 is 0 Å². The zero-order valence-electron chi connectivity index (χ0n) is 11.0. The predicted octanol–water partition coefficient (Wildman–Crippen LogP) is 3.54. The fourth-order valence-electron chi connectivity index (χ4n) is 2.03. The smallest absolute Gasteiger partial charge is 0.370 e. The number of halogens is 5. The molecule has 1 heterocycles. The molecule has 21 heavy (non-hydrogen) atoms. The zero-order chi connectivity index (χ0) is 15.5. The Morgan fingerprint density at radius 2 is 2.05 bits per heavy atom. The molecule has 0 bridgehead atoms. The molecule has 0 unspecified atom stereocenters. The number of hydrogen-bond donors (Lipinski definition) is 0. The molecule has 0 spiro atoms. The van der Waals surface area contributed by atoms with Crippen LogP contribution in [0.15, 0.2) is 18.2 Å².